The molecule has 2 heteroatoms. The zero-order valence-corrected chi connectivity index (χ0v) is 14.6. The van der Waals surface area contributed by atoms with Crippen molar-refractivity contribution in [3.63, 3.8) is 0 Å². The molecule has 0 unspecified atom stereocenters. The number of rotatable bonds is 0. The molecule has 0 saturated carbocycles. The van der Waals surface area contributed by atoms with E-state index in [9.17, 15) is 0 Å². The van der Waals surface area contributed by atoms with E-state index in [1.165, 1.54) is 5.56 Å². The van der Waals surface area contributed by atoms with Crippen LogP contribution in [0, 0.1) is 0 Å². The van der Waals surface area contributed by atoms with Crippen LogP contribution in [0.2, 0.25) is 0 Å². The minimum atomic E-state index is 0.293. The molecule has 2 nitrogen and oxygen atoms in total. The van der Waals surface area contributed by atoms with Crippen molar-refractivity contribution >= 4 is 0 Å². The van der Waals surface area contributed by atoms with E-state index in [4.69, 9.17) is 10.2 Å². The molecule has 0 aromatic heterocycles. The zero-order valence-electron chi connectivity index (χ0n) is 14.6. The van der Waals surface area contributed by atoms with Gasteiger partial charge in [0.25, 0.3) is 0 Å². The lowest BCUT2D eigenvalue weighted by Gasteiger charge is -2.18. The van der Waals surface area contributed by atoms with Crippen molar-refractivity contribution in [1.82, 2.24) is 0 Å². The van der Waals surface area contributed by atoms with Crippen molar-refractivity contribution < 1.29 is 10.2 Å². The predicted molar refractivity (Wildman–Crippen MR) is 101 cm³/mol. The fourth-order valence-corrected chi connectivity index (χ4v) is 1.79. The summed E-state index contributed by atoms with van der Waals surface area (Å²) < 4.78 is 0. The third kappa shape index (κ3) is 8.64. The molecule has 3 rings (SSSR count). The van der Waals surface area contributed by atoms with Crippen LogP contribution in [0.15, 0.2) is 91.0 Å². The summed E-state index contributed by atoms with van der Waals surface area (Å²) in [6.45, 7) is 6.67. The lowest BCUT2D eigenvalue weighted by Crippen LogP contribution is -2.10. The van der Waals surface area contributed by atoms with Crippen molar-refractivity contribution in [1.29, 1.82) is 0 Å². The molecule has 2 N–H and O–H groups in total. The Morgan fingerprint density at radius 1 is 0.500 bits per heavy atom. The minimum absolute atomic E-state index is 0.293. The Balaban J connectivity index is 0.000000185. The van der Waals surface area contributed by atoms with Crippen LogP contribution >= 0.6 is 0 Å². The van der Waals surface area contributed by atoms with Gasteiger partial charge in [-0.3, -0.25) is 0 Å². The second-order valence-corrected chi connectivity index (χ2v) is 6.29. The average molecular weight is 322 g/mol. The highest BCUT2D eigenvalue weighted by atomic mass is 16.3. The Bertz CT molecular complexity index is 619. The first kappa shape index (κ1) is 19.3. The lowest BCUT2D eigenvalue weighted by molar-refractivity contribution is 0.475. The molecule has 126 valence electrons. The van der Waals surface area contributed by atoms with Crippen LogP contribution in [0.1, 0.15) is 26.3 Å². The van der Waals surface area contributed by atoms with Crippen molar-refractivity contribution in [3.05, 3.63) is 96.6 Å². The van der Waals surface area contributed by atoms with E-state index < -0.39 is 0 Å². The second-order valence-electron chi connectivity index (χ2n) is 6.29. The molecule has 0 fully saturated rings. The maximum absolute atomic E-state index is 8.63. The number of phenolic OH excluding ortho intramolecular Hbond substituents is 2. The van der Waals surface area contributed by atoms with Crippen LogP contribution in [0.5, 0.6) is 11.5 Å². The van der Waals surface area contributed by atoms with Gasteiger partial charge in [-0.15, -0.1) is 0 Å². The molecule has 0 radical (unpaired) electrons. The number of hydrogen-bond donors (Lipinski definition) is 2. The summed E-state index contributed by atoms with van der Waals surface area (Å²) in [5.74, 6) is 0.644. The standard InChI is InChI=1S/C10H14.2C6H6O/c1-10(2,3)9-7-5-4-6-8-9;2*7-6-4-2-1-3-5-6/h4-8H,1-3H3;2*1-5,7H. The number of para-hydroxylation sites is 2. The largest absolute Gasteiger partial charge is 0.508 e. The van der Waals surface area contributed by atoms with Gasteiger partial charge in [-0.05, 0) is 35.2 Å². The van der Waals surface area contributed by atoms with E-state index in [0.29, 0.717) is 16.9 Å². The molecule has 0 aliphatic carbocycles. The molecule has 0 aliphatic heterocycles. The first-order valence-corrected chi connectivity index (χ1v) is 7.93. The van der Waals surface area contributed by atoms with Crippen molar-refractivity contribution in [2.75, 3.05) is 0 Å². The van der Waals surface area contributed by atoms with E-state index >= 15 is 0 Å². The van der Waals surface area contributed by atoms with Gasteiger partial charge >= 0.3 is 0 Å². The normalized spacial score (nSPS) is 9.79. The summed E-state index contributed by atoms with van der Waals surface area (Å²) in [7, 11) is 0. The highest BCUT2D eigenvalue weighted by molar-refractivity contribution is 5.22. The van der Waals surface area contributed by atoms with E-state index in [0.717, 1.165) is 0 Å². The van der Waals surface area contributed by atoms with Gasteiger partial charge in [0.1, 0.15) is 11.5 Å². The summed E-state index contributed by atoms with van der Waals surface area (Å²) in [6.07, 6.45) is 0. The monoisotopic (exact) mass is 322 g/mol. The van der Waals surface area contributed by atoms with Crippen LogP contribution < -0.4 is 0 Å². The highest BCUT2D eigenvalue weighted by Gasteiger charge is 2.11. The molecular formula is C22H26O2. The SMILES string of the molecule is CC(C)(C)c1ccccc1.Oc1ccccc1.Oc1ccccc1. The molecule has 0 aliphatic rings. The minimum Gasteiger partial charge on any atom is -0.508 e. The average Bonchev–Trinajstić information content (AvgIpc) is 2.57. The Morgan fingerprint density at radius 3 is 0.958 bits per heavy atom. The van der Waals surface area contributed by atoms with Crippen LogP contribution in [-0.4, -0.2) is 10.2 Å². The van der Waals surface area contributed by atoms with E-state index in [2.05, 4.69) is 51.1 Å². The molecule has 0 spiro atoms. The molecule has 3 aromatic rings. The van der Waals surface area contributed by atoms with Crippen molar-refractivity contribution in [2.45, 2.75) is 26.2 Å². The van der Waals surface area contributed by atoms with Gasteiger partial charge in [-0.1, -0.05) is 87.5 Å². The summed E-state index contributed by atoms with van der Waals surface area (Å²) in [5, 5.41) is 17.3. The third-order valence-corrected chi connectivity index (χ3v) is 3.15. The molecule has 0 heterocycles. The summed E-state index contributed by atoms with van der Waals surface area (Å²) in [5.41, 5.74) is 1.69. The van der Waals surface area contributed by atoms with Gasteiger partial charge in [-0.2, -0.15) is 0 Å². The van der Waals surface area contributed by atoms with E-state index in [1.54, 1.807) is 48.5 Å². The number of hydrogen-bond acceptors (Lipinski definition) is 2. The number of aromatic hydroxyl groups is 2. The molecule has 0 atom stereocenters. The van der Waals surface area contributed by atoms with Crippen LogP contribution in [-0.2, 0) is 5.41 Å². The smallest absolute Gasteiger partial charge is 0.115 e. The Labute approximate surface area is 145 Å². The molecule has 3 aromatic carbocycles. The molecular weight excluding hydrogens is 296 g/mol. The summed E-state index contributed by atoms with van der Waals surface area (Å²) in [6, 6.07) is 28.0. The van der Waals surface area contributed by atoms with Crippen LogP contribution in [0.3, 0.4) is 0 Å². The van der Waals surface area contributed by atoms with E-state index in [1.807, 2.05) is 12.1 Å². The van der Waals surface area contributed by atoms with Gasteiger partial charge in [0.15, 0.2) is 0 Å². The summed E-state index contributed by atoms with van der Waals surface area (Å²) >= 11 is 0. The topological polar surface area (TPSA) is 40.5 Å². The molecule has 0 amide bonds. The first-order chi connectivity index (χ1) is 11.4. The fraction of sp³-hybridized carbons (Fsp3) is 0.182. The van der Waals surface area contributed by atoms with Gasteiger partial charge < -0.3 is 10.2 Å². The Hall–Kier alpha value is -2.74. The quantitative estimate of drug-likeness (QED) is 0.551. The molecule has 24 heavy (non-hydrogen) atoms. The highest BCUT2D eigenvalue weighted by Crippen LogP contribution is 2.20. The number of phenols is 2. The predicted octanol–water partition coefficient (Wildman–Crippen LogP) is 5.77. The van der Waals surface area contributed by atoms with Gasteiger partial charge in [0.05, 0.1) is 0 Å². The molecule has 0 bridgehead atoms. The second kappa shape index (κ2) is 10.1. The van der Waals surface area contributed by atoms with Gasteiger partial charge in [0, 0.05) is 0 Å². The van der Waals surface area contributed by atoms with Crippen molar-refractivity contribution in [3.8, 4) is 11.5 Å². The maximum atomic E-state index is 8.63. The summed E-state index contributed by atoms with van der Waals surface area (Å²) in [4.78, 5) is 0. The van der Waals surface area contributed by atoms with Gasteiger partial charge in [-0.25, -0.2) is 0 Å². The fourth-order valence-electron chi connectivity index (χ4n) is 1.79. The van der Waals surface area contributed by atoms with Crippen LogP contribution in [0.25, 0.3) is 0 Å². The third-order valence-electron chi connectivity index (χ3n) is 3.15. The van der Waals surface area contributed by atoms with Crippen molar-refractivity contribution in [2.24, 2.45) is 0 Å². The van der Waals surface area contributed by atoms with Gasteiger partial charge in [0.2, 0.25) is 0 Å². The number of benzene rings is 3. The Morgan fingerprint density at radius 2 is 0.792 bits per heavy atom. The Kier molecular flexibility index (Phi) is 8.14. The lowest BCUT2D eigenvalue weighted by atomic mass is 9.87. The zero-order chi connectivity index (χ0) is 17.8. The van der Waals surface area contributed by atoms with Crippen LogP contribution in [0.4, 0.5) is 0 Å². The maximum Gasteiger partial charge on any atom is 0.115 e. The molecule has 0 saturated heterocycles. The first-order valence-electron chi connectivity index (χ1n) is 7.93. The van der Waals surface area contributed by atoms with E-state index in [-0.39, 0.29) is 0 Å².